The zero-order valence-corrected chi connectivity index (χ0v) is 7.59. The molecule has 1 rings (SSSR count). The first-order chi connectivity index (χ1) is 5.74. The van der Waals surface area contributed by atoms with Crippen molar-refractivity contribution in [2.24, 2.45) is 5.92 Å². The Morgan fingerprint density at radius 3 is 3.17 bits per heavy atom. The van der Waals surface area contributed by atoms with Crippen molar-refractivity contribution in [3.63, 3.8) is 0 Å². The van der Waals surface area contributed by atoms with Gasteiger partial charge in [0, 0.05) is 6.42 Å². The molecular formula is C11H16O. The molecule has 1 aliphatic rings. The van der Waals surface area contributed by atoms with Crippen molar-refractivity contribution >= 4 is 0 Å². The summed E-state index contributed by atoms with van der Waals surface area (Å²) in [5.74, 6) is 0.784. The van der Waals surface area contributed by atoms with Crippen molar-refractivity contribution in [3.8, 4) is 0 Å². The van der Waals surface area contributed by atoms with Crippen LogP contribution in [-0.2, 0) is 0 Å². The Hall–Kier alpha value is -0.980. The second kappa shape index (κ2) is 4.15. The third kappa shape index (κ3) is 2.26. The van der Waals surface area contributed by atoms with E-state index < -0.39 is 0 Å². The van der Waals surface area contributed by atoms with Crippen LogP contribution < -0.4 is 0 Å². The van der Waals surface area contributed by atoms with Gasteiger partial charge in [0.15, 0.2) is 0 Å². The van der Waals surface area contributed by atoms with Crippen molar-refractivity contribution in [3.05, 3.63) is 36.1 Å². The Morgan fingerprint density at radius 2 is 2.58 bits per heavy atom. The third-order valence-electron chi connectivity index (χ3n) is 2.28. The summed E-state index contributed by atoms with van der Waals surface area (Å²) in [5.41, 5.74) is 1.33. The minimum Gasteiger partial charge on any atom is -0.513 e. The smallest absolute Gasteiger partial charge is 0.0857 e. The first-order valence-electron chi connectivity index (χ1n) is 4.43. The number of rotatable bonds is 2. The molecular weight excluding hydrogens is 148 g/mol. The van der Waals surface area contributed by atoms with E-state index in [4.69, 9.17) is 5.11 Å². The van der Waals surface area contributed by atoms with E-state index in [1.54, 1.807) is 0 Å². The van der Waals surface area contributed by atoms with Gasteiger partial charge in [-0.05, 0) is 31.3 Å². The predicted octanol–water partition coefficient (Wildman–Crippen LogP) is 3.36. The predicted molar refractivity (Wildman–Crippen MR) is 52.0 cm³/mol. The van der Waals surface area contributed by atoms with E-state index in [0.29, 0.717) is 18.1 Å². The largest absolute Gasteiger partial charge is 0.513 e. The maximum Gasteiger partial charge on any atom is 0.0857 e. The molecule has 0 radical (unpaired) electrons. The van der Waals surface area contributed by atoms with Crippen molar-refractivity contribution in [1.29, 1.82) is 0 Å². The van der Waals surface area contributed by atoms with Crippen LogP contribution >= 0.6 is 0 Å². The number of hydrogen-bond acceptors (Lipinski definition) is 1. The summed E-state index contributed by atoms with van der Waals surface area (Å²) in [5, 5.41) is 9.07. The molecule has 0 saturated carbocycles. The van der Waals surface area contributed by atoms with Gasteiger partial charge in [-0.2, -0.15) is 0 Å². The maximum atomic E-state index is 9.07. The molecule has 0 aromatic rings. The Kier molecular flexibility index (Phi) is 3.15. The summed E-state index contributed by atoms with van der Waals surface area (Å²) in [6, 6.07) is 0. The Bertz CT molecular complexity index is 223. The zero-order valence-electron chi connectivity index (χ0n) is 7.59. The van der Waals surface area contributed by atoms with Crippen molar-refractivity contribution in [2.75, 3.05) is 0 Å². The molecule has 66 valence electrons. The molecule has 0 spiro atoms. The van der Waals surface area contributed by atoms with Crippen LogP contribution in [0, 0.1) is 5.92 Å². The first kappa shape index (κ1) is 9.11. The quantitative estimate of drug-likeness (QED) is 0.620. The summed E-state index contributed by atoms with van der Waals surface area (Å²) in [6.45, 7) is 5.56. The van der Waals surface area contributed by atoms with Crippen LogP contribution in [0.15, 0.2) is 36.1 Å². The highest BCUT2D eigenvalue weighted by atomic mass is 16.3. The van der Waals surface area contributed by atoms with Crippen LogP contribution in [0.1, 0.15) is 26.2 Å². The van der Waals surface area contributed by atoms with Gasteiger partial charge in [-0.15, -0.1) is 0 Å². The van der Waals surface area contributed by atoms with Gasteiger partial charge in [0.2, 0.25) is 0 Å². The molecule has 0 amide bonds. The summed E-state index contributed by atoms with van der Waals surface area (Å²) in [4.78, 5) is 0. The molecule has 1 nitrogen and oxygen atoms in total. The molecule has 0 unspecified atom stereocenters. The fourth-order valence-electron chi connectivity index (χ4n) is 1.66. The van der Waals surface area contributed by atoms with Gasteiger partial charge in [0.1, 0.15) is 0 Å². The number of aliphatic hydroxyl groups is 1. The highest BCUT2D eigenvalue weighted by molar-refractivity contribution is 5.24. The molecule has 0 aromatic carbocycles. The van der Waals surface area contributed by atoms with E-state index in [1.807, 2.05) is 6.92 Å². The van der Waals surface area contributed by atoms with Gasteiger partial charge >= 0.3 is 0 Å². The lowest BCUT2D eigenvalue weighted by atomic mass is 9.86. The highest BCUT2D eigenvalue weighted by Gasteiger charge is 2.14. The first-order valence-corrected chi connectivity index (χ1v) is 4.43. The SMILES string of the molecule is C=C(O)C[C@@H]1CCC=C/C1=C/C. The maximum absolute atomic E-state index is 9.07. The number of hydrogen-bond donors (Lipinski definition) is 1. The molecule has 1 aliphatic carbocycles. The van der Waals surface area contributed by atoms with Gasteiger partial charge in [0.25, 0.3) is 0 Å². The van der Waals surface area contributed by atoms with Crippen LogP contribution in [0.4, 0.5) is 0 Å². The van der Waals surface area contributed by atoms with Crippen LogP contribution in [0.3, 0.4) is 0 Å². The summed E-state index contributed by atoms with van der Waals surface area (Å²) >= 11 is 0. The van der Waals surface area contributed by atoms with Crippen molar-refractivity contribution in [1.82, 2.24) is 0 Å². The second-order valence-corrected chi connectivity index (χ2v) is 3.24. The molecule has 0 fully saturated rings. The third-order valence-corrected chi connectivity index (χ3v) is 2.28. The molecule has 0 heterocycles. The minimum absolute atomic E-state index is 0.301. The molecule has 12 heavy (non-hydrogen) atoms. The normalized spacial score (nSPS) is 26.1. The molecule has 1 N–H and O–H groups in total. The molecule has 0 aromatic heterocycles. The standard InChI is InChI=1S/C11H16O/c1-3-10-6-4-5-7-11(10)8-9(2)12/h3-4,6,11-12H,2,5,7-8H2,1H3/b10-3-/t11-/m0/s1. The Labute approximate surface area is 74.1 Å². The second-order valence-electron chi connectivity index (χ2n) is 3.24. The molecule has 1 heteroatoms. The Balaban J connectivity index is 2.63. The van der Waals surface area contributed by atoms with E-state index in [2.05, 4.69) is 24.8 Å². The monoisotopic (exact) mass is 164 g/mol. The van der Waals surface area contributed by atoms with E-state index in [9.17, 15) is 0 Å². The molecule has 1 atom stereocenters. The molecule has 0 bridgehead atoms. The van der Waals surface area contributed by atoms with Crippen LogP contribution in [0.25, 0.3) is 0 Å². The fourth-order valence-corrected chi connectivity index (χ4v) is 1.66. The average Bonchev–Trinajstić information content (AvgIpc) is 2.04. The zero-order chi connectivity index (χ0) is 8.97. The van der Waals surface area contributed by atoms with Gasteiger partial charge in [-0.1, -0.05) is 24.8 Å². The number of aliphatic hydroxyl groups excluding tert-OH is 1. The molecule has 0 aliphatic heterocycles. The fraction of sp³-hybridized carbons (Fsp3) is 0.455. The van der Waals surface area contributed by atoms with Gasteiger partial charge in [-0.3, -0.25) is 0 Å². The summed E-state index contributed by atoms with van der Waals surface area (Å²) in [6.07, 6.45) is 9.42. The summed E-state index contributed by atoms with van der Waals surface area (Å²) in [7, 11) is 0. The average molecular weight is 164 g/mol. The van der Waals surface area contributed by atoms with Gasteiger partial charge in [-0.25, -0.2) is 0 Å². The molecule has 0 saturated heterocycles. The highest BCUT2D eigenvalue weighted by Crippen LogP contribution is 2.28. The van der Waals surface area contributed by atoms with Crippen LogP contribution in [0.5, 0.6) is 0 Å². The lowest BCUT2D eigenvalue weighted by molar-refractivity contribution is 0.360. The topological polar surface area (TPSA) is 20.2 Å². The number of allylic oxidation sites excluding steroid dienone is 5. The lowest BCUT2D eigenvalue weighted by Crippen LogP contribution is -2.06. The van der Waals surface area contributed by atoms with Crippen LogP contribution in [0.2, 0.25) is 0 Å². The van der Waals surface area contributed by atoms with Crippen LogP contribution in [-0.4, -0.2) is 5.11 Å². The minimum atomic E-state index is 0.301. The van der Waals surface area contributed by atoms with Crippen molar-refractivity contribution in [2.45, 2.75) is 26.2 Å². The van der Waals surface area contributed by atoms with Gasteiger partial charge < -0.3 is 5.11 Å². The van der Waals surface area contributed by atoms with E-state index in [1.165, 1.54) is 5.57 Å². The summed E-state index contributed by atoms with van der Waals surface area (Å²) < 4.78 is 0. The van der Waals surface area contributed by atoms with Crippen molar-refractivity contribution < 1.29 is 5.11 Å². The van der Waals surface area contributed by atoms with E-state index in [-0.39, 0.29) is 0 Å². The van der Waals surface area contributed by atoms with E-state index in [0.717, 1.165) is 12.8 Å². The van der Waals surface area contributed by atoms with Gasteiger partial charge in [0.05, 0.1) is 5.76 Å². The van der Waals surface area contributed by atoms with E-state index >= 15 is 0 Å². The lowest BCUT2D eigenvalue weighted by Gasteiger charge is -2.20. The Morgan fingerprint density at radius 1 is 1.83 bits per heavy atom.